The van der Waals surface area contributed by atoms with Crippen LogP contribution in [-0.4, -0.2) is 43.7 Å². The predicted molar refractivity (Wildman–Crippen MR) is 145 cm³/mol. The Kier molecular flexibility index (Phi) is 8.21. The van der Waals surface area contributed by atoms with Gasteiger partial charge in [0.1, 0.15) is 11.8 Å². The fourth-order valence-electron chi connectivity index (χ4n) is 3.93. The van der Waals surface area contributed by atoms with Crippen LogP contribution in [0.3, 0.4) is 0 Å². The lowest BCUT2D eigenvalue weighted by atomic mass is 9.98. The van der Waals surface area contributed by atoms with E-state index in [1.165, 1.54) is 23.3 Å². The Morgan fingerprint density at radius 1 is 1.08 bits per heavy atom. The number of carbonyl (C=O) groups excluding carboxylic acids is 3. The van der Waals surface area contributed by atoms with Crippen molar-refractivity contribution in [3.63, 3.8) is 0 Å². The van der Waals surface area contributed by atoms with Gasteiger partial charge in [-0.1, -0.05) is 25.1 Å². The summed E-state index contributed by atoms with van der Waals surface area (Å²) in [5.74, 6) is 0.322. The van der Waals surface area contributed by atoms with Crippen LogP contribution in [0.2, 0.25) is 0 Å². The molecule has 1 aliphatic rings. The van der Waals surface area contributed by atoms with E-state index in [0.717, 1.165) is 0 Å². The molecule has 0 fully saturated rings. The van der Waals surface area contributed by atoms with Crippen LogP contribution in [-0.2, 0) is 9.59 Å². The third-order valence-electron chi connectivity index (χ3n) is 6.31. The van der Waals surface area contributed by atoms with E-state index in [1.807, 2.05) is 20.8 Å². The number of ether oxygens (including phenoxy) is 3. The highest BCUT2D eigenvalue weighted by Gasteiger charge is 2.36. The largest absolute Gasteiger partial charge is 0.497 e. The van der Waals surface area contributed by atoms with Crippen LogP contribution < -0.4 is 29.7 Å². The molecule has 3 amide bonds. The maximum atomic E-state index is 13.9. The van der Waals surface area contributed by atoms with Gasteiger partial charge in [-0.25, -0.2) is 0 Å². The van der Waals surface area contributed by atoms with E-state index >= 15 is 0 Å². The van der Waals surface area contributed by atoms with Crippen molar-refractivity contribution in [1.29, 1.82) is 0 Å². The first-order valence-corrected chi connectivity index (χ1v) is 13.1. The van der Waals surface area contributed by atoms with Crippen molar-refractivity contribution in [1.82, 2.24) is 10.6 Å². The number of thiophene rings is 1. The number of nitrogens with one attached hydrogen (secondary N) is 2. The summed E-state index contributed by atoms with van der Waals surface area (Å²) in [6, 6.07) is 14.4. The lowest BCUT2D eigenvalue weighted by molar-refractivity contribution is -0.127. The Labute approximate surface area is 225 Å². The van der Waals surface area contributed by atoms with E-state index in [1.54, 1.807) is 60.0 Å². The SMILES string of the molecule is CCC(C)(C)NC(=O)C(c1cccc(OC)c1)N(C(=O)CNC(=O)c1cccs1)c1ccc2c(c1)OCO2. The van der Waals surface area contributed by atoms with Gasteiger partial charge in [-0.15, -0.1) is 11.3 Å². The molecule has 10 heteroatoms. The topological polar surface area (TPSA) is 106 Å². The number of benzene rings is 2. The molecule has 0 saturated heterocycles. The Morgan fingerprint density at radius 2 is 1.87 bits per heavy atom. The molecule has 0 saturated carbocycles. The molecule has 2 aromatic carbocycles. The zero-order chi connectivity index (χ0) is 27.3. The molecule has 2 N–H and O–H groups in total. The second-order valence-corrected chi connectivity index (χ2v) is 10.3. The normalized spacial score (nSPS) is 12.9. The van der Waals surface area contributed by atoms with Crippen molar-refractivity contribution >= 4 is 34.7 Å². The van der Waals surface area contributed by atoms with Crippen LogP contribution >= 0.6 is 11.3 Å². The molecule has 38 heavy (non-hydrogen) atoms. The van der Waals surface area contributed by atoms with Crippen molar-refractivity contribution < 1.29 is 28.6 Å². The first-order chi connectivity index (χ1) is 18.2. The summed E-state index contributed by atoms with van der Waals surface area (Å²) in [6.07, 6.45) is 0.679. The van der Waals surface area contributed by atoms with Crippen molar-refractivity contribution in [3.8, 4) is 17.2 Å². The van der Waals surface area contributed by atoms with E-state index in [-0.39, 0.29) is 25.2 Å². The van der Waals surface area contributed by atoms with E-state index in [4.69, 9.17) is 14.2 Å². The molecule has 2 heterocycles. The third kappa shape index (κ3) is 6.08. The van der Waals surface area contributed by atoms with Crippen molar-refractivity contribution in [2.75, 3.05) is 25.3 Å². The smallest absolute Gasteiger partial charge is 0.261 e. The minimum Gasteiger partial charge on any atom is -0.497 e. The Balaban J connectivity index is 1.76. The first kappa shape index (κ1) is 27.0. The number of hydrogen-bond acceptors (Lipinski definition) is 7. The Bertz CT molecular complexity index is 1310. The lowest BCUT2D eigenvalue weighted by Gasteiger charge is -2.34. The van der Waals surface area contributed by atoms with Gasteiger partial charge >= 0.3 is 0 Å². The van der Waals surface area contributed by atoms with Gasteiger partial charge in [-0.2, -0.15) is 0 Å². The van der Waals surface area contributed by atoms with Gasteiger partial charge in [-0.3, -0.25) is 19.3 Å². The van der Waals surface area contributed by atoms with Crippen molar-refractivity contribution in [3.05, 3.63) is 70.4 Å². The summed E-state index contributed by atoms with van der Waals surface area (Å²) >= 11 is 1.28. The zero-order valence-corrected chi connectivity index (χ0v) is 22.6. The minimum absolute atomic E-state index is 0.0636. The van der Waals surface area contributed by atoms with Crippen LogP contribution in [0.5, 0.6) is 17.2 Å². The average Bonchev–Trinajstić information content (AvgIpc) is 3.62. The molecule has 3 aromatic rings. The zero-order valence-electron chi connectivity index (χ0n) is 21.8. The van der Waals surface area contributed by atoms with Crippen LogP contribution in [0.15, 0.2) is 60.0 Å². The maximum Gasteiger partial charge on any atom is 0.261 e. The van der Waals surface area contributed by atoms with Gasteiger partial charge < -0.3 is 24.8 Å². The molecule has 0 radical (unpaired) electrons. The van der Waals surface area contributed by atoms with Crippen LogP contribution in [0.25, 0.3) is 0 Å². The number of rotatable bonds is 10. The number of hydrogen-bond donors (Lipinski definition) is 2. The average molecular weight is 538 g/mol. The second-order valence-electron chi connectivity index (χ2n) is 9.37. The van der Waals surface area contributed by atoms with Gasteiger partial charge in [0.05, 0.1) is 18.5 Å². The summed E-state index contributed by atoms with van der Waals surface area (Å²) in [7, 11) is 1.54. The minimum atomic E-state index is -1.07. The fourth-order valence-corrected chi connectivity index (χ4v) is 4.57. The third-order valence-corrected chi connectivity index (χ3v) is 7.18. The quantitative estimate of drug-likeness (QED) is 0.400. The lowest BCUT2D eigenvalue weighted by Crippen LogP contribution is -2.52. The Morgan fingerprint density at radius 3 is 2.58 bits per heavy atom. The van der Waals surface area contributed by atoms with E-state index in [2.05, 4.69) is 10.6 Å². The first-order valence-electron chi connectivity index (χ1n) is 12.2. The van der Waals surface area contributed by atoms with Crippen LogP contribution in [0.4, 0.5) is 5.69 Å². The molecule has 1 atom stereocenters. The number of nitrogens with zero attached hydrogens (tertiary/aromatic N) is 1. The number of methoxy groups -OCH3 is 1. The fraction of sp³-hybridized carbons (Fsp3) is 0.321. The highest BCUT2D eigenvalue weighted by molar-refractivity contribution is 7.12. The molecular formula is C28H31N3O6S. The van der Waals surface area contributed by atoms with Gasteiger partial charge in [0.25, 0.3) is 5.91 Å². The van der Waals surface area contributed by atoms with E-state index in [9.17, 15) is 14.4 Å². The summed E-state index contributed by atoms with van der Waals surface area (Å²) in [4.78, 5) is 42.2. The molecule has 4 rings (SSSR count). The van der Waals surface area contributed by atoms with E-state index < -0.39 is 17.5 Å². The standard InChI is InChI=1S/C28H31N3O6S/c1-5-28(2,3)30-27(34)25(18-8-6-9-20(14-18)35-4)31(19-11-12-21-22(15-19)37-17-36-21)24(32)16-29-26(33)23-10-7-13-38-23/h6-15,25H,5,16-17H2,1-4H3,(H,29,33)(H,30,34). The van der Waals surface area contributed by atoms with Crippen LogP contribution in [0, 0.1) is 0 Å². The van der Waals surface area contributed by atoms with Gasteiger partial charge in [0, 0.05) is 17.3 Å². The number of anilines is 1. The van der Waals surface area contributed by atoms with Crippen molar-refractivity contribution in [2.24, 2.45) is 0 Å². The van der Waals surface area contributed by atoms with Gasteiger partial charge in [0.15, 0.2) is 11.5 Å². The number of carbonyl (C=O) groups is 3. The van der Waals surface area contributed by atoms with Crippen LogP contribution in [0.1, 0.15) is 48.5 Å². The molecule has 1 aromatic heterocycles. The summed E-state index contributed by atoms with van der Waals surface area (Å²) in [5.41, 5.74) is 0.441. The summed E-state index contributed by atoms with van der Waals surface area (Å²) in [6.45, 7) is 5.55. The summed E-state index contributed by atoms with van der Waals surface area (Å²) < 4.78 is 16.4. The highest BCUT2D eigenvalue weighted by Crippen LogP contribution is 2.38. The van der Waals surface area contributed by atoms with Gasteiger partial charge in [0.2, 0.25) is 18.6 Å². The number of fused-ring (bicyclic) bond motifs is 1. The summed E-state index contributed by atoms with van der Waals surface area (Å²) in [5, 5.41) is 7.54. The molecular weight excluding hydrogens is 506 g/mol. The number of amides is 3. The molecule has 9 nitrogen and oxygen atoms in total. The molecule has 0 bridgehead atoms. The molecule has 200 valence electrons. The monoisotopic (exact) mass is 537 g/mol. The van der Waals surface area contributed by atoms with Gasteiger partial charge in [-0.05, 0) is 61.5 Å². The molecule has 0 spiro atoms. The highest BCUT2D eigenvalue weighted by atomic mass is 32.1. The second kappa shape index (κ2) is 11.6. The molecule has 1 unspecified atom stereocenters. The molecule has 1 aliphatic heterocycles. The Hall–Kier alpha value is -4.05. The predicted octanol–water partition coefficient (Wildman–Crippen LogP) is 4.29. The van der Waals surface area contributed by atoms with E-state index in [0.29, 0.717) is 39.8 Å². The molecule has 0 aliphatic carbocycles. The van der Waals surface area contributed by atoms with Crippen molar-refractivity contribution in [2.45, 2.75) is 38.8 Å². The maximum absolute atomic E-state index is 13.9.